The van der Waals surface area contributed by atoms with Crippen molar-refractivity contribution in [1.82, 2.24) is 19.8 Å². The second-order valence-corrected chi connectivity index (χ2v) is 9.24. The molecule has 118 valence electrons. The summed E-state index contributed by atoms with van der Waals surface area (Å²) in [5.41, 5.74) is 1.14. The van der Waals surface area contributed by atoms with Gasteiger partial charge in [-0.3, -0.25) is 4.52 Å². The van der Waals surface area contributed by atoms with Gasteiger partial charge in [-0.05, 0) is 31.1 Å². The summed E-state index contributed by atoms with van der Waals surface area (Å²) in [7, 11) is 0. The highest BCUT2D eigenvalue weighted by atomic mass is 32.5. The number of ether oxygens (including phenoxy) is 1. The Morgan fingerprint density at radius 2 is 2.23 bits per heavy atom. The van der Waals surface area contributed by atoms with Gasteiger partial charge in [-0.2, -0.15) is 14.7 Å². The van der Waals surface area contributed by atoms with Crippen molar-refractivity contribution in [2.75, 3.05) is 0 Å². The maximum absolute atomic E-state index is 11.6. The lowest BCUT2D eigenvalue weighted by Gasteiger charge is -2.20. The van der Waals surface area contributed by atoms with Gasteiger partial charge in [-0.1, -0.05) is 0 Å². The van der Waals surface area contributed by atoms with Gasteiger partial charge in [-0.25, -0.2) is 9.89 Å². The van der Waals surface area contributed by atoms with E-state index in [1.54, 1.807) is 12.4 Å². The standard InChI is InChI=1S/C12H15N4O4PS/c17-12-15-13-6-9-8(5-14-16(9)12)10-3-4-11(19-10)20-21(18,22)7-1-2-7/h5-7,10-11H,1-4H2,(H,15,17)(H,18,22). The largest absolute Gasteiger partial charge is 0.363 e. The fourth-order valence-corrected chi connectivity index (χ4v) is 5.06. The zero-order valence-corrected chi connectivity index (χ0v) is 13.3. The van der Waals surface area contributed by atoms with Gasteiger partial charge in [0.05, 0.1) is 24.0 Å². The lowest BCUT2D eigenvalue weighted by atomic mass is 10.1. The summed E-state index contributed by atoms with van der Waals surface area (Å²) < 4.78 is 12.7. The number of nitrogens with zero attached hydrogens (tertiary/aromatic N) is 3. The van der Waals surface area contributed by atoms with Crippen molar-refractivity contribution in [1.29, 1.82) is 0 Å². The molecule has 0 amide bonds. The van der Waals surface area contributed by atoms with Crippen LogP contribution in [0.4, 0.5) is 0 Å². The number of hydrogen-bond donors (Lipinski definition) is 2. The van der Waals surface area contributed by atoms with Crippen LogP contribution in [0.3, 0.4) is 0 Å². The Hall–Kier alpha value is -1.12. The smallest absolute Gasteiger partial charge is 0.345 e. The molecular weight excluding hydrogens is 327 g/mol. The third kappa shape index (κ3) is 2.53. The van der Waals surface area contributed by atoms with Crippen LogP contribution in [-0.2, 0) is 21.1 Å². The zero-order valence-electron chi connectivity index (χ0n) is 11.6. The summed E-state index contributed by atoms with van der Waals surface area (Å²) in [6, 6.07) is 0. The highest BCUT2D eigenvalue weighted by Crippen LogP contribution is 2.60. The Morgan fingerprint density at radius 3 is 3.00 bits per heavy atom. The lowest BCUT2D eigenvalue weighted by Crippen LogP contribution is -2.18. The van der Waals surface area contributed by atoms with E-state index in [4.69, 9.17) is 21.1 Å². The fraction of sp³-hybridized carbons (Fsp3) is 0.583. The van der Waals surface area contributed by atoms with Gasteiger partial charge in [0.2, 0.25) is 0 Å². The third-order valence-electron chi connectivity index (χ3n) is 3.98. The molecule has 0 aromatic carbocycles. The Balaban J connectivity index is 1.53. The van der Waals surface area contributed by atoms with E-state index in [2.05, 4.69) is 15.3 Å². The van der Waals surface area contributed by atoms with Crippen LogP contribution in [0.5, 0.6) is 0 Å². The Bertz CT molecular complexity index is 817. The van der Waals surface area contributed by atoms with E-state index >= 15 is 0 Å². The first-order valence-electron chi connectivity index (χ1n) is 7.12. The summed E-state index contributed by atoms with van der Waals surface area (Å²) in [6.07, 6.45) is 5.67. The average Bonchev–Trinajstić information content (AvgIpc) is 3.11. The maximum atomic E-state index is 11.6. The topological polar surface area (TPSA) is 102 Å². The molecular formula is C12H15N4O4PS. The number of aromatic amines is 1. The van der Waals surface area contributed by atoms with Gasteiger partial charge in [0.1, 0.15) is 0 Å². The minimum absolute atomic E-state index is 0.130. The molecule has 2 aromatic heterocycles. The van der Waals surface area contributed by atoms with Gasteiger partial charge in [-0.15, -0.1) is 0 Å². The Morgan fingerprint density at radius 1 is 1.41 bits per heavy atom. The molecule has 8 nitrogen and oxygen atoms in total. The van der Waals surface area contributed by atoms with Crippen molar-refractivity contribution in [3.8, 4) is 0 Å². The number of hydrogen-bond acceptors (Lipinski definition) is 6. The molecule has 3 heterocycles. The molecule has 0 bridgehead atoms. The van der Waals surface area contributed by atoms with Crippen LogP contribution < -0.4 is 5.69 Å². The fourth-order valence-electron chi connectivity index (χ4n) is 2.67. The van der Waals surface area contributed by atoms with Gasteiger partial charge < -0.3 is 9.63 Å². The highest BCUT2D eigenvalue weighted by Gasteiger charge is 2.41. The van der Waals surface area contributed by atoms with Crippen molar-refractivity contribution in [2.45, 2.75) is 43.7 Å². The molecule has 3 atom stereocenters. The molecule has 1 aliphatic carbocycles. The molecule has 1 saturated heterocycles. The van der Waals surface area contributed by atoms with Crippen LogP contribution in [0.15, 0.2) is 17.2 Å². The summed E-state index contributed by atoms with van der Waals surface area (Å²) >= 11 is 5.19. The van der Waals surface area contributed by atoms with E-state index < -0.39 is 18.5 Å². The van der Waals surface area contributed by atoms with E-state index in [0.29, 0.717) is 11.9 Å². The normalized spacial score (nSPS) is 28.0. The van der Waals surface area contributed by atoms with Gasteiger partial charge in [0, 0.05) is 17.6 Å². The molecule has 3 unspecified atom stereocenters. The molecule has 2 fully saturated rings. The molecule has 4 rings (SSSR count). The van der Waals surface area contributed by atoms with E-state index in [9.17, 15) is 9.69 Å². The third-order valence-corrected chi connectivity index (χ3v) is 7.11. The van der Waals surface area contributed by atoms with Crippen LogP contribution in [0.25, 0.3) is 5.52 Å². The number of fused-ring (bicyclic) bond motifs is 1. The molecule has 2 aromatic rings. The SMILES string of the molecule is O=c1[nH]ncc2c(C3CCC(OP(O)(=S)C4CC4)O3)cnn12. The second kappa shape index (κ2) is 5.21. The summed E-state index contributed by atoms with van der Waals surface area (Å²) in [4.78, 5) is 21.8. The molecule has 2 N–H and O–H groups in total. The summed E-state index contributed by atoms with van der Waals surface area (Å²) in [6.45, 7) is -2.74. The number of H-pyrrole nitrogens is 1. The Kier molecular flexibility index (Phi) is 3.43. The molecule has 2 aliphatic rings. The van der Waals surface area contributed by atoms with Crippen molar-refractivity contribution in [3.05, 3.63) is 28.4 Å². The molecule has 10 heteroatoms. The van der Waals surface area contributed by atoms with Crippen LogP contribution in [0, 0.1) is 0 Å². The average molecular weight is 342 g/mol. The minimum Gasteiger partial charge on any atom is -0.345 e. The highest BCUT2D eigenvalue weighted by molar-refractivity contribution is 8.09. The minimum atomic E-state index is -2.74. The predicted octanol–water partition coefficient (Wildman–Crippen LogP) is 1.08. The van der Waals surface area contributed by atoms with Gasteiger partial charge >= 0.3 is 5.69 Å². The molecule has 1 aliphatic heterocycles. The Labute approximate surface area is 130 Å². The van der Waals surface area contributed by atoms with Crippen molar-refractivity contribution < 1.29 is 14.2 Å². The first-order valence-corrected chi connectivity index (χ1v) is 9.86. The molecule has 0 spiro atoms. The van der Waals surface area contributed by atoms with E-state index in [1.165, 1.54) is 4.52 Å². The lowest BCUT2D eigenvalue weighted by molar-refractivity contribution is -0.0731. The predicted molar refractivity (Wildman–Crippen MR) is 81.1 cm³/mol. The van der Waals surface area contributed by atoms with Crippen LogP contribution >= 0.6 is 6.49 Å². The van der Waals surface area contributed by atoms with E-state index in [-0.39, 0.29) is 11.8 Å². The zero-order chi connectivity index (χ0) is 15.3. The monoisotopic (exact) mass is 342 g/mol. The van der Waals surface area contributed by atoms with Gasteiger partial charge in [0.15, 0.2) is 12.8 Å². The maximum Gasteiger partial charge on any atom is 0.363 e. The van der Waals surface area contributed by atoms with Crippen molar-refractivity contribution in [3.63, 3.8) is 0 Å². The molecule has 0 radical (unpaired) electrons. The van der Waals surface area contributed by atoms with Crippen LogP contribution in [-0.4, -0.2) is 36.7 Å². The van der Waals surface area contributed by atoms with Gasteiger partial charge in [0.25, 0.3) is 0 Å². The van der Waals surface area contributed by atoms with E-state index in [1.807, 2.05) is 0 Å². The number of rotatable bonds is 4. The van der Waals surface area contributed by atoms with Crippen molar-refractivity contribution in [2.24, 2.45) is 0 Å². The quantitative estimate of drug-likeness (QED) is 0.802. The molecule has 22 heavy (non-hydrogen) atoms. The summed E-state index contributed by atoms with van der Waals surface area (Å²) in [5.74, 6) is 0. The van der Waals surface area contributed by atoms with Crippen molar-refractivity contribution >= 4 is 23.8 Å². The second-order valence-electron chi connectivity index (χ2n) is 5.60. The number of aromatic nitrogens is 4. The van der Waals surface area contributed by atoms with E-state index in [0.717, 1.165) is 24.8 Å². The first-order chi connectivity index (χ1) is 10.5. The van der Waals surface area contributed by atoms with Crippen LogP contribution in [0.1, 0.15) is 37.4 Å². The molecule has 1 saturated carbocycles. The first kappa shape index (κ1) is 14.5. The summed E-state index contributed by atoms with van der Waals surface area (Å²) in [5, 5.41) is 10.2. The number of nitrogens with one attached hydrogen (secondary N) is 1. The van der Waals surface area contributed by atoms with Crippen LogP contribution in [0.2, 0.25) is 0 Å².